The van der Waals surface area contributed by atoms with Gasteiger partial charge in [0.25, 0.3) is 5.56 Å². The molecule has 1 unspecified atom stereocenters. The summed E-state index contributed by atoms with van der Waals surface area (Å²) in [6.45, 7) is 5.39. The van der Waals surface area contributed by atoms with Gasteiger partial charge in [-0.3, -0.25) is 14.3 Å². The quantitative estimate of drug-likeness (QED) is 0.832. The van der Waals surface area contributed by atoms with Gasteiger partial charge in [0.1, 0.15) is 5.56 Å². The lowest BCUT2D eigenvalue weighted by molar-refractivity contribution is 0.375. The van der Waals surface area contributed by atoms with Crippen LogP contribution in [0.1, 0.15) is 19.4 Å². The summed E-state index contributed by atoms with van der Waals surface area (Å²) in [7, 11) is 0. The van der Waals surface area contributed by atoms with Crippen LogP contribution in [0.25, 0.3) is 11.1 Å². The van der Waals surface area contributed by atoms with E-state index in [1.54, 1.807) is 31.2 Å². The molecule has 0 saturated heterocycles. The van der Waals surface area contributed by atoms with Crippen LogP contribution < -0.4 is 11.2 Å². The summed E-state index contributed by atoms with van der Waals surface area (Å²) in [5, 5.41) is 10.4. The van der Waals surface area contributed by atoms with Gasteiger partial charge in [-0.05, 0) is 31.0 Å². The fraction of sp³-hybridized carbons (Fsp3) is 0.200. The average Bonchev–Trinajstić information content (AvgIpc) is 2.38. The lowest BCUT2D eigenvalue weighted by Crippen LogP contribution is -2.32. The molecular weight excluding hydrogens is 336 g/mol. The molecule has 0 spiro atoms. The Morgan fingerprint density at radius 3 is 2.81 bits per heavy atom. The van der Waals surface area contributed by atoms with Crippen molar-refractivity contribution in [3.8, 4) is 17.0 Å². The van der Waals surface area contributed by atoms with E-state index in [0.717, 1.165) is 4.47 Å². The normalized spacial score (nSPS) is 12.1. The molecular formula is C15H15BrN2O3. The highest BCUT2D eigenvalue weighted by Crippen LogP contribution is 2.28. The predicted molar refractivity (Wildman–Crippen MR) is 85.6 cm³/mol. The van der Waals surface area contributed by atoms with E-state index in [1.807, 2.05) is 6.07 Å². The Kier molecular flexibility index (Phi) is 4.47. The van der Waals surface area contributed by atoms with Gasteiger partial charge in [-0.1, -0.05) is 34.1 Å². The van der Waals surface area contributed by atoms with E-state index in [2.05, 4.69) is 27.5 Å². The molecule has 6 heteroatoms. The zero-order valence-electron chi connectivity index (χ0n) is 11.5. The zero-order chi connectivity index (χ0) is 15.6. The second kappa shape index (κ2) is 6.13. The maximum atomic E-state index is 12.0. The maximum Gasteiger partial charge on any atom is 0.331 e. The lowest BCUT2D eigenvalue weighted by Gasteiger charge is -2.16. The summed E-state index contributed by atoms with van der Waals surface area (Å²) < 4.78 is 1.94. The van der Waals surface area contributed by atoms with Crippen molar-refractivity contribution >= 4 is 15.9 Å². The monoisotopic (exact) mass is 350 g/mol. The summed E-state index contributed by atoms with van der Waals surface area (Å²) in [6.07, 6.45) is 2.15. The van der Waals surface area contributed by atoms with E-state index in [0.29, 0.717) is 12.0 Å². The van der Waals surface area contributed by atoms with Gasteiger partial charge in [0, 0.05) is 10.5 Å². The topological polar surface area (TPSA) is 75.1 Å². The van der Waals surface area contributed by atoms with Crippen LogP contribution in [0.5, 0.6) is 5.88 Å². The largest absolute Gasteiger partial charge is 0.494 e. The molecule has 1 atom stereocenters. The van der Waals surface area contributed by atoms with Gasteiger partial charge in [0.05, 0.1) is 0 Å². The molecule has 1 heterocycles. The van der Waals surface area contributed by atoms with Gasteiger partial charge in [-0.25, -0.2) is 4.79 Å². The summed E-state index contributed by atoms with van der Waals surface area (Å²) in [5.41, 5.74) is -0.641. The molecule has 2 N–H and O–H groups in total. The van der Waals surface area contributed by atoms with Gasteiger partial charge in [0.15, 0.2) is 0 Å². The van der Waals surface area contributed by atoms with Crippen molar-refractivity contribution in [2.45, 2.75) is 19.4 Å². The number of benzene rings is 1. The molecule has 0 aliphatic carbocycles. The number of H-pyrrole nitrogens is 1. The molecule has 0 aliphatic rings. The van der Waals surface area contributed by atoms with E-state index in [1.165, 1.54) is 4.57 Å². The number of allylic oxidation sites excluding steroid dienone is 1. The number of aromatic amines is 1. The van der Waals surface area contributed by atoms with Crippen molar-refractivity contribution in [1.82, 2.24) is 9.55 Å². The molecule has 21 heavy (non-hydrogen) atoms. The molecule has 5 nitrogen and oxygen atoms in total. The minimum atomic E-state index is -0.634. The number of aromatic nitrogens is 2. The van der Waals surface area contributed by atoms with Crippen LogP contribution in [0.15, 0.2) is 51.0 Å². The van der Waals surface area contributed by atoms with E-state index in [9.17, 15) is 14.7 Å². The fourth-order valence-electron chi connectivity index (χ4n) is 2.20. The number of hydrogen-bond donors (Lipinski definition) is 2. The molecule has 2 rings (SSSR count). The smallest absolute Gasteiger partial charge is 0.331 e. The Hall–Kier alpha value is -2.08. The number of rotatable bonds is 4. The van der Waals surface area contributed by atoms with Crippen molar-refractivity contribution < 1.29 is 5.11 Å². The summed E-state index contributed by atoms with van der Waals surface area (Å²) in [5.74, 6) is -0.337. The molecule has 0 aliphatic heterocycles. The van der Waals surface area contributed by atoms with Crippen LogP contribution in [-0.4, -0.2) is 14.7 Å². The number of halogens is 1. The third-order valence-corrected chi connectivity index (χ3v) is 3.67. The minimum absolute atomic E-state index is 0.0758. The Bertz CT molecular complexity index is 792. The van der Waals surface area contributed by atoms with E-state index in [4.69, 9.17) is 0 Å². The Labute approximate surface area is 129 Å². The summed E-state index contributed by atoms with van der Waals surface area (Å²) in [6, 6.07) is 6.66. The third kappa shape index (κ3) is 3.00. The molecule has 0 radical (unpaired) electrons. The Balaban J connectivity index is 2.73. The fourth-order valence-corrected chi connectivity index (χ4v) is 2.60. The van der Waals surface area contributed by atoms with Crippen LogP contribution >= 0.6 is 15.9 Å². The van der Waals surface area contributed by atoms with E-state index >= 15 is 0 Å². The molecule has 2 aromatic rings. The van der Waals surface area contributed by atoms with Gasteiger partial charge in [-0.2, -0.15) is 0 Å². The first-order chi connectivity index (χ1) is 9.95. The van der Waals surface area contributed by atoms with Crippen molar-refractivity contribution in [3.05, 3.63) is 62.2 Å². The first kappa shape index (κ1) is 15.3. The molecule has 0 saturated carbocycles. The maximum absolute atomic E-state index is 12.0. The molecule has 1 aromatic carbocycles. The molecule has 110 valence electrons. The standard InChI is InChI=1S/C15H15BrN2O3/c1-3-5-9(2)18-14(20)12(13(19)17-15(18)21)10-6-4-7-11(16)8-10/h3-4,6-9,20H,1,5H2,2H3,(H,17,19,21). The van der Waals surface area contributed by atoms with Crippen LogP contribution in [0.3, 0.4) is 0 Å². The highest BCUT2D eigenvalue weighted by atomic mass is 79.9. The van der Waals surface area contributed by atoms with Gasteiger partial charge < -0.3 is 5.11 Å². The van der Waals surface area contributed by atoms with Crippen LogP contribution in [0.2, 0.25) is 0 Å². The molecule has 0 fully saturated rings. The van der Waals surface area contributed by atoms with Crippen LogP contribution in [0, 0.1) is 0 Å². The number of aromatic hydroxyl groups is 1. The first-order valence-electron chi connectivity index (χ1n) is 6.40. The molecule has 0 amide bonds. The summed E-state index contributed by atoms with van der Waals surface area (Å²) in [4.78, 5) is 26.2. The van der Waals surface area contributed by atoms with Gasteiger partial charge >= 0.3 is 5.69 Å². The first-order valence-corrected chi connectivity index (χ1v) is 7.19. The second-order valence-corrected chi connectivity index (χ2v) is 5.63. The van der Waals surface area contributed by atoms with Crippen molar-refractivity contribution in [2.75, 3.05) is 0 Å². The second-order valence-electron chi connectivity index (χ2n) is 4.71. The lowest BCUT2D eigenvalue weighted by atomic mass is 10.1. The van der Waals surface area contributed by atoms with Gasteiger partial charge in [0.2, 0.25) is 5.88 Å². The van der Waals surface area contributed by atoms with E-state index < -0.39 is 11.2 Å². The van der Waals surface area contributed by atoms with Crippen LogP contribution in [0.4, 0.5) is 0 Å². The number of nitrogens with one attached hydrogen (secondary N) is 1. The predicted octanol–water partition coefficient (Wildman–Crippen LogP) is 2.81. The Morgan fingerprint density at radius 1 is 1.48 bits per heavy atom. The molecule has 0 bridgehead atoms. The number of hydrogen-bond acceptors (Lipinski definition) is 3. The number of nitrogens with zero attached hydrogens (tertiary/aromatic N) is 1. The highest BCUT2D eigenvalue weighted by molar-refractivity contribution is 9.10. The Morgan fingerprint density at radius 2 is 2.19 bits per heavy atom. The van der Waals surface area contributed by atoms with E-state index in [-0.39, 0.29) is 17.5 Å². The van der Waals surface area contributed by atoms with Crippen LogP contribution in [-0.2, 0) is 0 Å². The highest BCUT2D eigenvalue weighted by Gasteiger charge is 2.19. The van der Waals surface area contributed by atoms with Gasteiger partial charge in [-0.15, -0.1) is 6.58 Å². The average molecular weight is 351 g/mol. The zero-order valence-corrected chi connectivity index (χ0v) is 13.1. The van der Waals surface area contributed by atoms with Crippen molar-refractivity contribution in [3.63, 3.8) is 0 Å². The van der Waals surface area contributed by atoms with Crippen molar-refractivity contribution in [1.29, 1.82) is 0 Å². The summed E-state index contributed by atoms with van der Waals surface area (Å²) >= 11 is 3.32. The van der Waals surface area contributed by atoms with Crippen molar-refractivity contribution in [2.24, 2.45) is 0 Å². The SMILES string of the molecule is C=CCC(C)n1c(O)c(-c2cccc(Br)c2)c(=O)[nH]c1=O. The molecule has 1 aromatic heterocycles. The third-order valence-electron chi connectivity index (χ3n) is 3.18. The minimum Gasteiger partial charge on any atom is -0.494 e.